The van der Waals surface area contributed by atoms with Crippen molar-refractivity contribution < 1.29 is 4.79 Å². The highest BCUT2D eigenvalue weighted by molar-refractivity contribution is 8.00. The molecule has 1 aromatic heterocycles. The van der Waals surface area contributed by atoms with Gasteiger partial charge in [-0.1, -0.05) is 54.2 Å². The van der Waals surface area contributed by atoms with E-state index < -0.39 is 0 Å². The van der Waals surface area contributed by atoms with E-state index in [1.807, 2.05) is 25.1 Å². The van der Waals surface area contributed by atoms with Crippen LogP contribution in [-0.4, -0.2) is 32.1 Å². The molecule has 0 bridgehead atoms. The number of amides is 1. The Bertz CT molecular complexity index is 945. The van der Waals surface area contributed by atoms with Crippen molar-refractivity contribution in [3.63, 3.8) is 0 Å². The first kappa shape index (κ1) is 16.9. The van der Waals surface area contributed by atoms with Crippen LogP contribution in [0, 0.1) is 0 Å². The number of hydrogen-bond donors (Lipinski definition) is 2. The number of carbonyl (C=O) groups is 1. The van der Waals surface area contributed by atoms with Crippen molar-refractivity contribution >= 4 is 28.4 Å². The topological polar surface area (TPSA) is 85.8 Å². The van der Waals surface area contributed by atoms with Crippen LogP contribution in [0.15, 0.2) is 47.6 Å². The summed E-state index contributed by atoms with van der Waals surface area (Å²) >= 11 is 1.34. The Morgan fingerprint density at radius 2 is 2.04 bits per heavy atom. The normalized spacial score (nSPS) is 15.1. The number of nitrogens with two attached hydrogens (primary N) is 1. The quantitative estimate of drug-likeness (QED) is 0.516. The van der Waals surface area contributed by atoms with Crippen LogP contribution in [0.1, 0.15) is 31.2 Å². The molecule has 1 atom stereocenters. The van der Waals surface area contributed by atoms with Crippen LogP contribution in [0.25, 0.3) is 10.8 Å². The molecule has 0 aliphatic heterocycles. The van der Waals surface area contributed by atoms with Gasteiger partial charge in [0, 0.05) is 12.5 Å². The van der Waals surface area contributed by atoms with Gasteiger partial charge in [-0.15, -0.1) is 10.2 Å². The Balaban J connectivity index is 1.50. The number of aromatic nitrogens is 3. The fourth-order valence-corrected chi connectivity index (χ4v) is 3.68. The molecule has 1 heterocycles. The zero-order valence-corrected chi connectivity index (χ0v) is 15.4. The van der Waals surface area contributed by atoms with E-state index in [0.29, 0.717) is 23.4 Å². The Kier molecular flexibility index (Phi) is 4.55. The minimum absolute atomic E-state index is 0.0242. The van der Waals surface area contributed by atoms with E-state index >= 15 is 0 Å². The Morgan fingerprint density at radius 1 is 1.27 bits per heavy atom. The highest BCUT2D eigenvalue weighted by atomic mass is 32.2. The fraction of sp³-hybridized carbons (Fsp3) is 0.316. The van der Waals surface area contributed by atoms with Crippen molar-refractivity contribution in [2.45, 2.75) is 42.6 Å². The molecule has 0 saturated heterocycles. The highest BCUT2D eigenvalue weighted by Crippen LogP contribution is 2.25. The van der Waals surface area contributed by atoms with Gasteiger partial charge in [0.15, 0.2) is 5.82 Å². The van der Waals surface area contributed by atoms with Gasteiger partial charge in [-0.3, -0.25) is 4.79 Å². The van der Waals surface area contributed by atoms with E-state index in [-0.39, 0.29) is 11.2 Å². The van der Waals surface area contributed by atoms with Crippen LogP contribution in [0.3, 0.4) is 0 Å². The average Bonchev–Trinajstić information content (AvgIpc) is 3.41. The van der Waals surface area contributed by atoms with Crippen LogP contribution in [0.4, 0.5) is 0 Å². The molecule has 1 aliphatic carbocycles. The second-order valence-corrected chi connectivity index (χ2v) is 7.93. The van der Waals surface area contributed by atoms with Crippen LogP contribution in [-0.2, 0) is 11.2 Å². The number of benzene rings is 2. The van der Waals surface area contributed by atoms with E-state index in [0.717, 1.165) is 18.4 Å². The van der Waals surface area contributed by atoms with Gasteiger partial charge >= 0.3 is 0 Å². The van der Waals surface area contributed by atoms with Crippen molar-refractivity contribution in [3.8, 4) is 0 Å². The zero-order chi connectivity index (χ0) is 18.1. The van der Waals surface area contributed by atoms with Crippen molar-refractivity contribution in [3.05, 3.63) is 53.9 Å². The molecule has 7 heteroatoms. The lowest BCUT2D eigenvalue weighted by Crippen LogP contribution is -2.32. The molecule has 1 aliphatic rings. The second kappa shape index (κ2) is 6.99. The minimum Gasteiger partial charge on any atom is -0.352 e. The third-order valence-corrected chi connectivity index (χ3v) is 5.60. The van der Waals surface area contributed by atoms with E-state index in [2.05, 4.69) is 39.8 Å². The van der Waals surface area contributed by atoms with Gasteiger partial charge in [-0.25, -0.2) is 4.68 Å². The number of nitrogen functional groups attached to an aromatic ring is 1. The Hall–Kier alpha value is -2.54. The third-order valence-electron chi connectivity index (χ3n) is 4.54. The third kappa shape index (κ3) is 3.53. The second-order valence-electron chi connectivity index (χ2n) is 6.63. The van der Waals surface area contributed by atoms with Crippen LogP contribution >= 0.6 is 11.8 Å². The molecule has 0 radical (unpaired) electrons. The van der Waals surface area contributed by atoms with E-state index in [1.54, 1.807) is 0 Å². The van der Waals surface area contributed by atoms with Crippen LogP contribution in [0.5, 0.6) is 0 Å². The summed E-state index contributed by atoms with van der Waals surface area (Å²) in [5.41, 5.74) is 1.15. The number of thioether (sulfide) groups is 1. The summed E-state index contributed by atoms with van der Waals surface area (Å²) in [5, 5.41) is 14.1. The molecule has 2 aromatic carbocycles. The number of carbonyl (C=O) groups excluding carboxylic acids is 1. The Morgan fingerprint density at radius 3 is 2.85 bits per heavy atom. The number of nitrogens with zero attached hydrogens (tertiary/aromatic N) is 3. The summed E-state index contributed by atoms with van der Waals surface area (Å²) in [6, 6.07) is 14.8. The first-order valence-electron chi connectivity index (χ1n) is 8.75. The van der Waals surface area contributed by atoms with Crippen LogP contribution < -0.4 is 11.2 Å². The maximum absolute atomic E-state index is 12.1. The van der Waals surface area contributed by atoms with Crippen molar-refractivity contribution in [1.82, 2.24) is 20.2 Å². The average molecular weight is 367 g/mol. The summed E-state index contributed by atoms with van der Waals surface area (Å²) in [6.07, 6.45) is 2.74. The molecule has 0 unspecified atom stereocenters. The summed E-state index contributed by atoms with van der Waals surface area (Å²) in [5.74, 6) is 6.90. The zero-order valence-electron chi connectivity index (χ0n) is 14.6. The summed E-state index contributed by atoms with van der Waals surface area (Å²) < 4.78 is 1.49. The van der Waals surface area contributed by atoms with Gasteiger partial charge in [0.2, 0.25) is 11.1 Å². The molecule has 3 aromatic rings. The Labute approximate surface area is 156 Å². The maximum atomic E-state index is 12.1. The molecule has 1 saturated carbocycles. The van der Waals surface area contributed by atoms with Gasteiger partial charge in [0.1, 0.15) is 0 Å². The molecule has 0 spiro atoms. The van der Waals surface area contributed by atoms with Crippen molar-refractivity contribution in [2.75, 3.05) is 5.84 Å². The van der Waals surface area contributed by atoms with Crippen molar-refractivity contribution in [1.29, 1.82) is 0 Å². The highest BCUT2D eigenvalue weighted by Gasteiger charge is 2.27. The molecular formula is C19H21N5OS. The summed E-state index contributed by atoms with van der Waals surface area (Å²) in [6.45, 7) is 1.86. The molecule has 1 fully saturated rings. The van der Waals surface area contributed by atoms with Gasteiger partial charge in [0.05, 0.1) is 5.25 Å². The number of fused-ring (bicyclic) bond motifs is 1. The van der Waals surface area contributed by atoms with Crippen LogP contribution in [0.2, 0.25) is 0 Å². The predicted octanol–water partition coefficient (Wildman–Crippen LogP) is 2.50. The minimum atomic E-state index is -0.257. The van der Waals surface area contributed by atoms with Gasteiger partial charge in [-0.05, 0) is 36.1 Å². The van der Waals surface area contributed by atoms with E-state index in [1.165, 1.54) is 27.2 Å². The molecule has 6 nitrogen and oxygen atoms in total. The maximum Gasteiger partial charge on any atom is 0.233 e. The first-order valence-corrected chi connectivity index (χ1v) is 9.63. The monoisotopic (exact) mass is 367 g/mol. The lowest BCUT2D eigenvalue weighted by atomic mass is 10.0. The molecule has 134 valence electrons. The number of nitrogens with one attached hydrogen (secondary N) is 1. The summed E-state index contributed by atoms with van der Waals surface area (Å²) in [4.78, 5) is 12.1. The van der Waals surface area contributed by atoms with Gasteiger partial charge in [-0.2, -0.15) is 0 Å². The SMILES string of the molecule is C[C@H](Sc1nnc(Cc2cccc3ccccc23)n1N)C(=O)NC1CC1. The van der Waals surface area contributed by atoms with Gasteiger partial charge in [0.25, 0.3) is 0 Å². The number of hydrogen-bond acceptors (Lipinski definition) is 5. The lowest BCUT2D eigenvalue weighted by Gasteiger charge is -2.11. The van der Waals surface area contributed by atoms with Gasteiger partial charge < -0.3 is 11.2 Å². The first-order chi connectivity index (χ1) is 12.6. The number of rotatable bonds is 6. The smallest absolute Gasteiger partial charge is 0.233 e. The predicted molar refractivity (Wildman–Crippen MR) is 103 cm³/mol. The molecular weight excluding hydrogens is 346 g/mol. The molecule has 26 heavy (non-hydrogen) atoms. The molecule has 4 rings (SSSR count). The fourth-order valence-electron chi connectivity index (χ4n) is 2.88. The molecule has 1 amide bonds. The van der Waals surface area contributed by atoms with E-state index in [9.17, 15) is 4.79 Å². The standard InChI is InChI=1S/C19H21N5OS/c1-12(18(25)21-15-9-10-15)26-19-23-22-17(24(19)20)11-14-7-4-6-13-5-2-3-8-16(13)14/h2-8,12,15H,9-11,20H2,1H3,(H,21,25)/t12-/m0/s1. The lowest BCUT2D eigenvalue weighted by molar-refractivity contribution is -0.120. The largest absolute Gasteiger partial charge is 0.352 e. The van der Waals surface area contributed by atoms with E-state index in [4.69, 9.17) is 5.84 Å². The van der Waals surface area contributed by atoms with Crippen molar-refractivity contribution in [2.24, 2.45) is 0 Å². The summed E-state index contributed by atoms with van der Waals surface area (Å²) in [7, 11) is 0. The molecule has 3 N–H and O–H groups in total.